The summed E-state index contributed by atoms with van der Waals surface area (Å²) >= 11 is 0. The van der Waals surface area contributed by atoms with Crippen LogP contribution in [0.1, 0.15) is 32.3 Å². The molecule has 110 valence electrons. The summed E-state index contributed by atoms with van der Waals surface area (Å²) in [6.07, 6.45) is 5.72. The molecule has 0 spiro atoms. The molecule has 2 rings (SSSR count). The van der Waals surface area contributed by atoms with Crippen molar-refractivity contribution in [3.63, 3.8) is 0 Å². The molecule has 0 saturated carbocycles. The normalized spacial score (nSPS) is 19.5. The quantitative estimate of drug-likeness (QED) is 0.866. The van der Waals surface area contributed by atoms with Crippen molar-refractivity contribution in [3.05, 3.63) is 18.0 Å². The first-order valence-electron chi connectivity index (χ1n) is 7.19. The lowest BCUT2D eigenvalue weighted by Gasteiger charge is -2.38. The number of amides is 2. The van der Waals surface area contributed by atoms with Gasteiger partial charge in [0.15, 0.2) is 0 Å². The van der Waals surface area contributed by atoms with Crippen molar-refractivity contribution in [2.45, 2.75) is 39.2 Å². The Morgan fingerprint density at radius 2 is 2.30 bits per heavy atom. The van der Waals surface area contributed by atoms with Crippen molar-refractivity contribution in [2.75, 3.05) is 19.6 Å². The fourth-order valence-electron chi connectivity index (χ4n) is 2.59. The van der Waals surface area contributed by atoms with Gasteiger partial charge in [-0.3, -0.25) is 14.7 Å². The van der Waals surface area contributed by atoms with Gasteiger partial charge in [0.1, 0.15) is 6.04 Å². The Balaban J connectivity index is 1.82. The molecule has 1 saturated heterocycles. The first-order chi connectivity index (χ1) is 9.63. The Morgan fingerprint density at radius 3 is 2.95 bits per heavy atom. The zero-order valence-electron chi connectivity index (χ0n) is 12.1. The maximum Gasteiger partial charge on any atom is 0.245 e. The van der Waals surface area contributed by atoms with E-state index in [-0.39, 0.29) is 17.9 Å². The first-order valence-corrected chi connectivity index (χ1v) is 7.19. The number of H-pyrrole nitrogens is 1. The Hall–Kier alpha value is -1.85. The number of aromatic nitrogens is 2. The van der Waals surface area contributed by atoms with E-state index in [4.69, 9.17) is 0 Å². The lowest BCUT2D eigenvalue weighted by atomic mass is 10.1. The lowest BCUT2D eigenvalue weighted by Crippen LogP contribution is -2.57. The summed E-state index contributed by atoms with van der Waals surface area (Å²) in [7, 11) is 0. The molecule has 1 aromatic rings. The largest absolute Gasteiger partial charge is 0.339 e. The topological polar surface area (TPSA) is 69.3 Å². The van der Waals surface area contributed by atoms with Gasteiger partial charge in [-0.05, 0) is 32.3 Å². The molecular formula is C14H22N4O2. The molecule has 0 aliphatic carbocycles. The Kier molecular flexibility index (Phi) is 4.76. The minimum absolute atomic E-state index is 0.0573. The summed E-state index contributed by atoms with van der Waals surface area (Å²) in [6.45, 7) is 5.79. The van der Waals surface area contributed by atoms with Gasteiger partial charge in [-0.15, -0.1) is 0 Å². The highest BCUT2D eigenvalue weighted by Gasteiger charge is 2.32. The van der Waals surface area contributed by atoms with Gasteiger partial charge < -0.3 is 9.80 Å². The number of hydrogen-bond acceptors (Lipinski definition) is 3. The standard InChI is InChI=1S/C14H22N4O2/c1-3-17-7-8-18(11(2)14(17)20)13(19)6-4-5-12-9-15-16-10-12/h9-11H,3-8H2,1-2H3,(H,15,16)/t11-/m1/s1. The van der Waals surface area contributed by atoms with Crippen LogP contribution in [0.15, 0.2) is 12.4 Å². The summed E-state index contributed by atoms with van der Waals surface area (Å²) in [5.41, 5.74) is 1.11. The number of rotatable bonds is 5. The number of carbonyl (C=O) groups is 2. The molecule has 20 heavy (non-hydrogen) atoms. The van der Waals surface area contributed by atoms with Crippen molar-refractivity contribution < 1.29 is 9.59 Å². The number of carbonyl (C=O) groups excluding carboxylic acids is 2. The molecule has 2 amide bonds. The van der Waals surface area contributed by atoms with Crippen molar-refractivity contribution in [1.29, 1.82) is 0 Å². The molecule has 1 aliphatic rings. The molecule has 1 atom stereocenters. The molecule has 1 aliphatic heterocycles. The third-order valence-electron chi connectivity index (χ3n) is 3.86. The van der Waals surface area contributed by atoms with E-state index in [1.807, 2.05) is 20.0 Å². The molecule has 2 heterocycles. The predicted octanol–water partition coefficient (Wildman–Crippen LogP) is 0.812. The second-order valence-corrected chi connectivity index (χ2v) is 5.14. The molecule has 6 heteroatoms. The van der Waals surface area contributed by atoms with Crippen LogP contribution in [0, 0.1) is 0 Å². The van der Waals surface area contributed by atoms with Gasteiger partial charge >= 0.3 is 0 Å². The van der Waals surface area contributed by atoms with Gasteiger partial charge in [0.05, 0.1) is 6.20 Å². The summed E-state index contributed by atoms with van der Waals surface area (Å²) in [4.78, 5) is 27.8. The van der Waals surface area contributed by atoms with Crippen molar-refractivity contribution in [3.8, 4) is 0 Å². The maximum atomic E-state index is 12.2. The van der Waals surface area contributed by atoms with Gasteiger partial charge in [-0.2, -0.15) is 5.10 Å². The predicted molar refractivity (Wildman–Crippen MR) is 75.0 cm³/mol. The minimum atomic E-state index is -0.329. The molecular weight excluding hydrogens is 256 g/mol. The van der Waals surface area contributed by atoms with E-state index in [0.717, 1.165) is 18.4 Å². The van der Waals surface area contributed by atoms with Crippen molar-refractivity contribution >= 4 is 11.8 Å². The number of nitrogens with zero attached hydrogens (tertiary/aromatic N) is 3. The van der Waals surface area contributed by atoms with E-state index in [1.54, 1.807) is 16.0 Å². The third-order valence-corrected chi connectivity index (χ3v) is 3.86. The fraction of sp³-hybridized carbons (Fsp3) is 0.643. The van der Waals surface area contributed by atoms with Crippen LogP contribution >= 0.6 is 0 Å². The molecule has 0 aromatic carbocycles. The molecule has 1 N–H and O–H groups in total. The Labute approximate surface area is 119 Å². The number of piperazine rings is 1. The van der Waals surface area contributed by atoms with E-state index in [0.29, 0.717) is 26.1 Å². The fourth-order valence-corrected chi connectivity index (χ4v) is 2.59. The first kappa shape index (κ1) is 14.6. The zero-order valence-corrected chi connectivity index (χ0v) is 12.1. The average molecular weight is 278 g/mol. The average Bonchev–Trinajstić information content (AvgIpc) is 2.95. The molecule has 0 bridgehead atoms. The summed E-state index contributed by atoms with van der Waals surface area (Å²) < 4.78 is 0. The van der Waals surface area contributed by atoms with Crippen molar-refractivity contribution in [2.24, 2.45) is 0 Å². The highest BCUT2D eigenvalue weighted by Crippen LogP contribution is 2.14. The van der Waals surface area contributed by atoms with Crippen LogP contribution in [-0.4, -0.2) is 57.5 Å². The molecule has 1 aromatic heterocycles. The lowest BCUT2D eigenvalue weighted by molar-refractivity contribution is -0.150. The zero-order chi connectivity index (χ0) is 14.5. The number of hydrogen-bond donors (Lipinski definition) is 1. The second kappa shape index (κ2) is 6.54. The second-order valence-electron chi connectivity index (χ2n) is 5.14. The summed E-state index contributed by atoms with van der Waals surface area (Å²) in [5, 5.41) is 6.64. The van der Waals surface area contributed by atoms with Crippen molar-refractivity contribution in [1.82, 2.24) is 20.0 Å². The van der Waals surface area contributed by atoms with Gasteiger partial charge in [0, 0.05) is 32.3 Å². The molecule has 0 radical (unpaired) electrons. The van der Waals surface area contributed by atoms with E-state index in [1.165, 1.54) is 0 Å². The van der Waals surface area contributed by atoms with Crippen LogP contribution < -0.4 is 0 Å². The van der Waals surface area contributed by atoms with E-state index >= 15 is 0 Å². The van der Waals surface area contributed by atoms with Gasteiger partial charge in [0.25, 0.3) is 0 Å². The van der Waals surface area contributed by atoms with Crippen LogP contribution in [0.5, 0.6) is 0 Å². The Morgan fingerprint density at radius 1 is 1.50 bits per heavy atom. The number of aromatic amines is 1. The summed E-state index contributed by atoms with van der Waals surface area (Å²) in [5.74, 6) is 0.132. The van der Waals surface area contributed by atoms with E-state index in [9.17, 15) is 9.59 Å². The minimum Gasteiger partial charge on any atom is -0.339 e. The highest BCUT2D eigenvalue weighted by molar-refractivity contribution is 5.88. The SMILES string of the molecule is CCN1CCN(C(=O)CCCc2cn[nH]c2)[C@H](C)C1=O. The molecule has 1 fully saturated rings. The van der Waals surface area contributed by atoms with Crippen LogP contribution in [0.2, 0.25) is 0 Å². The van der Waals surface area contributed by atoms with Gasteiger partial charge in [-0.1, -0.05) is 0 Å². The molecule has 0 unspecified atom stereocenters. The van der Waals surface area contributed by atoms with Gasteiger partial charge in [-0.25, -0.2) is 0 Å². The Bertz CT molecular complexity index is 458. The van der Waals surface area contributed by atoms with Crippen LogP contribution in [0.3, 0.4) is 0 Å². The smallest absolute Gasteiger partial charge is 0.245 e. The third kappa shape index (κ3) is 3.18. The van der Waals surface area contributed by atoms with Crippen LogP contribution in [0.25, 0.3) is 0 Å². The van der Waals surface area contributed by atoms with Crippen LogP contribution in [-0.2, 0) is 16.0 Å². The van der Waals surface area contributed by atoms with E-state index < -0.39 is 0 Å². The highest BCUT2D eigenvalue weighted by atomic mass is 16.2. The van der Waals surface area contributed by atoms with Gasteiger partial charge in [0.2, 0.25) is 11.8 Å². The molecule has 6 nitrogen and oxygen atoms in total. The summed E-state index contributed by atoms with van der Waals surface area (Å²) in [6, 6.07) is -0.329. The number of likely N-dealkylation sites (N-methyl/N-ethyl adjacent to an activating group) is 1. The number of nitrogens with one attached hydrogen (secondary N) is 1. The monoisotopic (exact) mass is 278 g/mol. The maximum absolute atomic E-state index is 12.2. The number of aryl methyl sites for hydroxylation is 1. The van der Waals surface area contributed by atoms with Crippen LogP contribution in [0.4, 0.5) is 0 Å². The van der Waals surface area contributed by atoms with E-state index in [2.05, 4.69) is 10.2 Å².